The number of nitrogens with two attached hydrogens (primary N) is 1. The quantitative estimate of drug-likeness (QED) is 0.389. The van der Waals surface area contributed by atoms with Crippen LogP contribution in [0.25, 0.3) is 0 Å². The van der Waals surface area contributed by atoms with E-state index in [2.05, 4.69) is 0 Å². The van der Waals surface area contributed by atoms with Crippen molar-refractivity contribution >= 4 is 11.5 Å². The molecule has 2 rings (SSSR count). The predicted molar refractivity (Wildman–Crippen MR) is 80.1 cm³/mol. The summed E-state index contributed by atoms with van der Waals surface area (Å²) in [6.07, 6.45) is 0. The van der Waals surface area contributed by atoms with Gasteiger partial charge in [0.1, 0.15) is 17.3 Å². The van der Waals surface area contributed by atoms with Gasteiger partial charge < -0.3 is 10.5 Å². The van der Waals surface area contributed by atoms with Gasteiger partial charge in [-0.2, -0.15) is 0 Å². The number of benzene rings is 2. The predicted octanol–water partition coefficient (Wildman–Crippen LogP) is 3.29. The molecule has 0 atom stereocenters. The van der Waals surface area contributed by atoms with Gasteiger partial charge in [-0.3, -0.25) is 15.5 Å². The third-order valence-electron chi connectivity index (χ3n) is 3.03. The van der Waals surface area contributed by atoms with Crippen molar-refractivity contribution in [2.75, 3.05) is 0 Å². The molecule has 6 nitrogen and oxygen atoms in total. The first kappa shape index (κ1) is 14.5. The molecule has 0 aliphatic heterocycles. The van der Waals surface area contributed by atoms with Crippen LogP contribution in [-0.4, -0.2) is 10.8 Å². The topological polar surface area (TPSA) is 102 Å². The Bertz CT molecular complexity index is 726. The van der Waals surface area contributed by atoms with Gasteiger partial charge in [0, 0.05) is 6.07 Å². The summed E-state index contributed by atoms with van der Waals surface area (Å²) in [7, 11) is 0. The van der Waals surface area contributed by atoms with E-state index in [4.69, 9.17) is 15.9 Å². The van der Waals surface area contributed by atoms with Gasteiger partial charge in [-0.15, -0.1) is 0 Å². The largest absolute Gasteiger partial charge is 0.456 e. The van der Waals surface area contributed by atoms with Gasteiger partial charge >= 0.3 is 0 Å². The normalized spacial score (nSPS) is 10.2. The number of nitro groups is 1. The Balaban J connectivity index is 2.45. The standard InChI is InChI=1S/C15H15N3O3/c1-9-3-6-13(12(7-9)15(16)17)21-14-8-11(18(19)20)5-4-10(14)2/h3-8H,1-2H3,(H3,16,17). The zero-order chi connectivity index (χ0) is 15.6. The number of non-ortho nitro benzene ring substituents is 1. The van der Waals surface area contributed by atoms with Crippen LogP contribution in [0.4, 0.5) is 5.69 Å². The minimum atomic E-state index is -0.479. The summed E-state index contributed by atoms with van der Waals surface area (Å²) in [5.41, 5.74) is 7.67. The minimum Gasteiger partial charge on any atom is -0.456 e. The van der Waals surface area contributed by atoms with Crippen LogP contribution in [0.5, 0.6) is 11.5 Å². The lowest BCUT2D eigenvalue weighted by atomic mass is 10.1. The molecule has 0 radical (unpaired) electrons. The number of nitrogens with zero attached hydrogens (tertiary/aromatic N) is 1. The van der Waals surface area contributed by atoms with Crippen LogP contribution in [0.15, 0.2) is 36.4 Å². The number of nitrogens with one attached hydrogen (secondary N) is 1. The molecule has 0 aliphatic carbocycles. The lowest BCUT2D eigenvalue weighted by molar-refractivity contribution is -0.384. The summed E-state index contributed by atoms with van der Waals surface area (Å²) in [6, 6.07) is 9.67. The van der Waals surface area contributed by atoms with Crippen molar-refractivity contribution in [3.8, 4) is 11.5 Å². The summed E-state index contributed by atoms with van der Waals surface area (Å²) in [4.78, 5) is 10.4. The first-order chi connectivity index (χ1) is 9.88. The molecule has 0 aromatic heterocycles. The monoisotopic (exact) mass is 285 g/mol. The van der Waals surface area contributed by atoms with E-state index < -0.39 is 4.92 Å². The molecule has 0 heterocycles. The highest BCUT2D eigenvalue weighted by molar-refractivity contribution is 5.97. The van der Waals surface area contributed by atoms with Crippen molar-refractivity contribution in [2.45, 2.75) is 13.8 Å². The molecule has 2 aromatic rings. The molecule has 3 N–H and O–H groups in total. The molecule has 2 aromatic carbocycles. The number of nitrogen functional groups attached to an aromatic ring is 1. The molecular weight excluding hydrogens is 270 g/mol. The summed E-state index contributed by atoms with van der Waals surface area (Å²) in [5, 5.41) is 18.4. The smallest absolute Gasteiger partial charge is 0.273 e. The molecule has 0 aliphatic rings. The molecule has 0 amide bonds. The highest BCUT2D eigenvalue weighted by Gasteiger charge is 2.13. The van der Waals surface area contributed by atoms with E-state index in [-0.39, 0.29) is 11.5 Å². The molecule has 0 fully saturated rings. The highest BCUT2D eigenvalue weighted by atomic mass is 16.6. The van der Waals surface area contributed by atoms with Crippen molar-refractivity contribution in [3.05, 3.63) is 63.2 Å². The molecule has 6 heteroatoms. The fourth-order valence-corrected chi connectivity index (χ4v) is 1.87. The van der Waals surface area contributed by atoms with Gasteiger partial charge in [-0.25, -0.2) is 0 Å². The number of hydrogen-bond donors (Lipinski definition) is 2. The molecular formula is C15H15N3O3. The highest BCUT2D eigenvalue weighted by Crippen LogP contribution is 2.31. The fourth-order valence-electron chi connectivity index (χ4n) is 1.87. The Morgan fingerprint density at radius 2 is 1.90 bits per heavy atom. The average molecular weight is 285 g/mol. The zero-order valence-electron chi connectivity index (χ0n) is 11.7. The average Bonchev–Trinajstić information content (AvgIpc) is 2.42. The molecule has 0 saturated carbocycles. The second kappa shape index (κ2) is 5.62. The van der Waals surface area contributed by atoms with Crippen molar-refractivity contribution < 1.29 is 9.66 Å². The van der Waals surface area contributed by atoms with Crippen LogP contribution in [0.3, 0.4) is 0 Å². The number of ether oxygens (including phenoxy) is 1. The SMILES string of the molecule is Cc1ccc(Oc2cc([N+](=O)[O-])ccc2C)c(C(=N)N)c1. The van der Waals surface area contributed by atoms with Crippen molar-refractivity contribution in [3.63, 3.8) is 0 Å². The zero-order valence-corrected chi connectivity index (χ0v) is 11.7. The maximum atomic E-state index is 10.8. The molecule has 0 spiro atoms. The van der Waals surface area contributed by atoms with Crippen LogP contribution in [0.2, 0.25) is 0 Å². The van der Waals surface area contributed by atoms with Crippen LogP contribution in [0, 0.1) is 29.4 Å². The number of aryl methyl sites for hydroxylation is 2. The first-order valence-electron chi connectivity index (χ1n) is 6.26. The van der Waals surface area contributed by atoms with E-state index in [0.29, 0.717) is 17.1 Å². The van der Waals surface area contributed by atoms with Crippen molar-refractivity contribution in [1.29, 1.82) is 5.41 Å². The Morgan fingerprint density at radius 1 is 1.19 bits per heavy atom. The van der Waals surface area contributed by atoms with E-state index in [0.717, 1.165) is 11.1 Å². The van der Waals surface area contributed by atoms with E-state index in [1.165, 1.54) is 12.1 Å². The molecule has 0 bridgehead atoms. The summed E-state index contributed by atoms with van der Waals surface area (Å²) in [5.74, 6) is 0.657. The second-order valence-corrected chi connectivity index (χ2v) is 4.72. The maximum absolute atomic E-state index is 10.8. The van der Waals surface area contributed by atoms with Crippen molar-refractivity contribution in [1.82, 2.24) is 0 Å². The third kappa shape index (κ3) is 3.17. The van der Waals surface area contributed by atoms with Crippen LogP contribution < -0.4 is 10.5 Å². The summed E-state index contributed by atoms with van der Waals surface area (Å²) in [6.45, 7) is 3.68. The molecule has 108 valence electrons. The Kier molecular flexibility index (Phi) is 3.89. The Morgan fingerprint density at radius 3 is 2.52 bits per heavy atom. The van der Waals surface area contributed by atoms with E-state index in [1.807, 2.05) is 13.0 Å². The van der Waals surface area contributed by atoms with E-state index in [1.54, 1.807) is 25.1 Å². The Hall–Kier alpha value is -2.89. The molecule has 21 heavy (non-hydrogen) atoms. The van der Waals surface area contributed by atoms with Gasteiger partial charge in [-0.05, 0) is 37.6 Å². The minimum absolute atomic E-state index is 0.0490. The van der Waals surface area contributed by atoms with Crippen LogP contribution in [0.1, 0.15) is 16.7 Å². The van der Waals surface area contributed by atoms with Gasteiger partial charge in [0.2, 0.25) is 0 Å². The molecule has 0 unspecified atom stereocenters. The van der Waals surface area contributed by atoms with Gasteiger partial charge in [-0.1, -0.05) is 11.6 Å². The van der Waals surface area contributed by atoms with Crippen LogP contribution >= 0.6 is 0 Å². The third-order valence-corrected chi connectivity index (χ3v) is 3.03. The van der Waals surface area contributed by atoms with Gasteiger partial charge in [0.25, 0.3) is 5.69 Å². The number of rotatable bonds is 4. The summed E-state index contributed by atoms with van der Waals surface area (Å²) >= 11 is 0. The van der Waals surface area contributed by atoms with Gasteiger partial charge in [0.05, 0.1) is 16.6 Å². The first-order valence-corrected chi connectivity index (χ1v) is 6.26. The number of amidine groups is 1. The number of hydrogen-bond acceptors (Lipinski definition) is 4. The van der Waals surface area contributed by atoms with Crippen molar-refractivity contribution in [2.24, 2.45) is 5.73 Å². The summed E-state index contributed by atoms with van der Waals surface area (Å²) < 4.78 is 5.72. The number of nitro benzene ring substituents is 1. The molecule has 0 saturated heterocycles. The Labute approximate surface area is 121 Å². The maximum Gasteiger partial charge on any atom is 0.273 e. The van der Waals surface area contributed by atoms with E-state index >= 15 is 0 Å². The second-order valence-electron chi connectivity index (χ2n) is 4.72. The lowest BCUT2D eigenvalue weighted by Crippen LogP contribution is -2.12. The van der Waals surface area contributed by atoms with E-state index in [9.17, 15) is 10.1 Å². The fraction of sp³-hybridized carbons (Fsp3) is 0.133. The van der Waals surface area contributed by atoms with Gasteiger partial charge in [0.15, 0.2) is 0 Å². The van der Waals surface area contributed by atoms with Crippen LogP contribution in [-0.2, 0) is 0 Å². The lowest BCUT2D eigenvalue weighted by Gasteiger charge is -2.12.